The molecule has 6 nitrogen and oxygen atoms in total. The zero-order chi connectivity index (χ0) is 21.5. The number of imide groups is 1. The number of amides is 2. The molecule has 2 aliphatic rings. The zero-order valence-corrected chi connectivity index (χ0v) is 16.2. The Balaban J connectivity index is 1.58. The van der Waals surface area contributed by atoms with Gasteiger partial charge in [-0.15, -0.1) is 0 Å². The van der Waals surface area contributed by atoms with Crippen molar-refractivity contribution in [2.24, 2.45) is 5.92 Å². The fraction of sp³-hybridized carbons (Fsp3) is 0.125. The lowest BCUT2D eigenvalue weighted by Gasteiger charge is -2.28. The maximum absolute atomic E-state index is 13.4. The van der Waals surface area contributed by atoms with E-state index in [-0.39, 0.29) is 0 Å². The number of hydrogen-bond donors (Lipinski definition) is 0. The molecule has 3 aromatic rings. The molecule has 3 atom stereocenters. The van der Waals surface area contributed by atoms with Crippen LogP contribution in [0.3, 0.4) is 0 Å². The van der Waals surface area contributed by atoms with Gasteiger partial charge in [0.2, 0.25) is 5.91 Å². The first kappa shape index (κ1) is 19.0. The van der Waals surface area contributed by atoms with Crippen LogP contribution in [0.1, 0.15) is 17.2 Å². The third kappa shape index (κ3) is 3.05. The van der Waals surface area contributed by atoms with Crippen molar-refractivity contribution in [3.63, 3.8) is 0 Å². The molecule has 2 heterocycles. The number of benzene rings is 3. The molecular formula is C24H16FN3O3. The minimum absolute atomic E-state index is 0.305. The number of carbonyl (C=O) groups excluding carboxylic acids is 2. The van der Waals surface area contributed by atoms with Crippen LogP contribution in [0.15, 0.2) is 78.9 Å². The largest absolute Gasteiger partial charge is 0.273 e. The number of nitrogens with zero attached hydrogens (tertiary/aromatic N) is 3. The van der Waals surface area contributed by atoms with Gasteiger partial charge in [-0.1, -0.05) is 30.3 Å². The van der Waals surface area contributed by atoms with E-state index in [1.165, 1.54) is 24.3 Å². The fourth-order valence-corrected chi connectivity index (χ4v) is 4.15. The molecule has 0 N–H and O–H groups in total. The lowest BCUT2D eigenvalue weighted by molar-refractivity contribution is -0.126. The molecule has 2 fully saturated rings. The van der Waals surface area contributed by atoms with Gasteiger partial charge in [0.15, 0.2) is 6.10 Å². The van der Waals surface area contributed by atoms with E-state index in [1.54, 1.807) is 29.3 Å². The van der Waals surface area contributed by atoms with Crippen molar-refractivity contribution >= 4 is 23.2 Å². The first-order valence-corrected chi connectivity index (χ1v) is 9.73. The molecule has 0 spiro atoms. The number of carbonyl (C=O) groups is 2. The Bertz CT molecular complexity index is 1190. The molecule has 31 heavy (non-hydrogen) atoms. The molecule has 0 saturated carbocycles. The zero-order valence-electron chi connectivity index (χ0n) is 16.2. The Kier molecular flexibility index (Phi) is 4.50. The molecule has 2 amide bonds. The Labute approximate surface area is 177 Å². The van der Waals surface area contributed by atoms with Crippen LogP contribution in [-0.2, 0) is 14.4 Å². The number of halogens is 1. The highest BCUT2D eigenvalue weighted by Crippen LogP contribution is 2.47. The lowest BCUT2D eigenvalue weighted by Crippen LogP contribution is -2.37. The summed E-state index contributed by atoms with van der Waals surface area (Å²) in [5.41, 5.74) is 2.25. The van der Waals surface area contributed by atoms with Crippen molar-refractivity contribution < 1.29 is 18.8 Å². The summed E-state index contributed by atoms with van der Waals surface area (Å²) in [7, 11) is 0. The Morgan fingerprint density at radius 1 is 0.839 bits per heavy atom. The molecule has 0 aromatic heterocycles. The number of hydroxylamine groups is 1. The van der Waals surface area contributed by atoms with Gasteiger partial charge in [-0.2, -0.15) is 5.26 Å². The van der Waals surface area contributed by atoms with Crippen LogP contribution in [0.4, 0.5) is 15.8 Å². The summed E-state index contributed by atoms with van der Waals surface area (Å²) < 4.78 is 13.3. The van der Waals surface area contributed by atoms with Crippen molar-refractivity contribution in [2.45, 2.75) is 12.1 Å². The summed E-state index contributed by atoms with van der Waals surface area (Å²) in [5.74, 6) is -2.14. The van der Waals surface area contributed by atoms with Gasteiger partial charge in [0.05, 0.1) is 29.0 Å². The van der Waals surface area contributed by atoms with Crippen molar-refractivity contribution in [1.29, 1.82) is 5.26 Å². The second-order valence-corrected chi connectivity index (χ2v) is 7.38. The van der Waals surface area contributed by atoms with Crippen LogP contribution >= 0.6 is 0 Å². The van der Waals surface area contributed by atoms with Gasteiger partial charge >= 0.3 is 0 Å². The molecule has 2 saturated heterocycles. The van der Waals surface area contributed by atoms with E-state index in [9.17, 15) is 14.0 Å². The number of fused-ring (bicyclic) bond motifs is 1. The summed E-state index contributed by atoms with van der Waals surface area (Å²) in [4.78, 5) is 33.7. The van der Waals surface area contributed by atoms with Gasteiger partial charge in [0.1, 0.15) is 11.7 Å². The van der Waals surface area contributed by atoms with E-state index in [0.29, 0.717) is 16.9 Å². The summed E-state index contributed by atoms with van der Waals surface area (Å²) >= 11 is 0. The van der Waals surface area contributed by atoms with E-state index in [1.807, 2.05) is 30.3 Å². The van der Waals surface area contributed by atoms with Crippen molar-refractivity contribution in [1.82, 2.24) is 0 Å². The van der Waals surface area contributed by atoms with E-state index < -0.39 is 35.7 Å². The normalized spacial score (nSPS) is 22.5. The highest BCUT2D eigenvalue weighted by molar-refractivity contribution is 6.23. The fourth-order valence-electron chi connectivity index (χ4n) is 4.15. The molecular weight excluding hydrogens is 397 g/mol. The summed E-state index contributed by atoms with van der Waals surface area (Å²) in [6.45, 7) is 0. The van der Waals surface area contributed by atoms with Crippen LogP contribution in [0.5, 0.6) is 0 Å². The van der Waals surface area contributed by atoms with Gasteiger partial charge in [0.25, 0.3) is 5.91 Å². The van der Waals surface area contributed by atoms with Crippen molar-refractivity contribution in [2.75, 3.05) is 9.96 Å². The minimum atomic E-state index is -1.00. The average molecular weight is 413 g/mol. The quantitative estimate of drug-likeness (QED) is 0.612. The van der Waals surface area contributed by atoms with Crippen LogP contribution in [0, 0.1) is 23.1 Å². The van der Waals surface area contributed by atoms with Gasteiger partial charge in [-0.3, -0.25) is 14.4 Å². The standard InChI is InChI=1S/C24H16FN3O3/c25-17-10-12-18(13-11-17)27-23(29)20-21(16-8-6-15(14-26)7-9-16)28(31-22(20)24(27)30)19-4-2-1-3-5-19/h1-13,20-22H/t20-,21+,22+/m0/s1. The molecule has 152 valence electrons. The molecule has 0 radical (unpaired) electrons. The van der Waals surface area contributed by atoms with Crippen molar-refractivity contribution in [3.8, 4) is 6.07 Å². The molecule has 5 rings (SSSR count). The van der Waals surface area contributed by atoms with Crippen LogP contribution in [0.25, 0.3) is 0 Å². The monoisotopic (exact) mass is 413 g/mol. The summed E-state index contributed by atoms with van der Waals surface area (Å²) in [6, 6.07) is 22.8. The Morgan fingerprint density at radius 3 is 2.16 bits per heavy atom. The first-order chi connectivity index (χ1) is 15.1. The van der Waals surface area contributed by atoms with Crippen molar-refractivity contribution in [3.05, 3.63) is 95.8 Å². The number of rotatable bonds is 3. The maximum Gasteiger partial charge on any atom is 0.266 e. The predicted molar refractivity (Wildman–Crippen MR) is 110 cm³/mol. The number of anilines is 2. The van der Waals surface area contributed by atoms with Gasteiger partial charge in [-0.05, 0) is 54.1 Å². The highest BCUT2D eigenvalue weighted by Gasteiger charge is 2.60. The summed E-state index contributed by atoms with van der Waals surface area (Å²) in [5, 5.41) is 10.7. The van der Waals surface area contributed by atoms with Gasteiger partial charge in [-0.25, -0.2) is 14.4 Å². The topological polar surface area (TPSA) is 73.6 Å². The second-order valence-electron chi connectivity index (χ2n) is 7.38. The molecule has 2 aliphatic heterocycles. The van der Waals surface area contributed by atoms with Crippen LogP contribution < -0.4 is 9.96 Å². The third-order valence-corrected chi connectivity index (χ3v) is 5.59. The minimum Gasteiger partial charge on any atom is -0.273 e. The SMILES string of the molecule is N#Cc1ccc([C@@H]2[C@@H]3C(=O)N(c4ccc(F)cc4)C(=O)[C@@H]3ON2c2ccccc2)cc1. The highest BCUT2D eigenvalue weighted by atomic mass is 19.1. The van der Waals surface area contributed by atoms with Gasteiger partial charge in [0, 0.05) is 0 Å². The second kappa shape index (κ2) is 7.35. The number of hydrogen-bond acceptors (Lipinski definition) is 5. The first-order valence-electron chi connectivity index (χ1n) is 9.73. The Morgan fingerprint density at radius 2 is 1.52 bits per heavy atom. The average Bonchev–Trinajstić information content (AvgIpc) is 3.31. The smallest absolute Gasteiger partial charge is 0.266 e. The maximum atomic E-state index is 13.4. The van der Waals surface area contributed by atoms with E-state index in [2.05, 4.69) is 6.07 Å². The Hall–Kier alpha value is -4.02. The predicted octanol–water partition coefficient (Wildman–Crippen LogP) is 3.75. The summed E-state index contributed by atoms with van der Waals surface area (Å²) in [6.07, 6.45) is -1.00. The van der Waals surface area contributed by atoms with E-state index in [0.717, 1.165) is 10.5 Å². The number of para-hydroxylation sites is 1. The molecule has 0 aliphatic carbocycles. The van der Waals surface area contributed by atoms with E-state index >= 15 is 0 Å². The molecule has 7 heteroatoms. The third-order valence-electron chi connectivity index (χ3n) is 5.59. The van der Waals surface area contributed by atoms with Gasteiger partial charge < -0.3 is 0 Å². The van der Waals surface area contributed by atoms with E-state index in [4.69, 9.17) is 10.1 Å². The molecule has 0 bridgehead atoms. The lowest BCUT2D eigenvalue weighted by atomic mass is 9.90. The van der Waals surface area contributed by atoms with Crippen LogP contribution in [0.2, 0.25) is 0 Å². The molecule has 3 aromatic carbocycles. The number of nitriles is 1. The molecule has 0 unspecified atom stereocenters. The van der Waals surface area contributed by atoms with Crippen LogP contribution in [-0.4, -0.2) is 17.9 Å².